The van der Waals surface area contributed by atoms with E-state index < -0.39 is 5.97 Å². The fourth-order valence-corrected chi connectivity index (χ4v) is 3.00. The molecule has 0 spiro atoms. The van der Waals surface area contributed by atoms with Crippen molar-refractivity contribution >= 4 is 11.8 Å². The summed E-state index contributed by atoms with van der Waals surface area (Å²) in [6.45, 7) is 2.48. The normalized spacial score (nSPS) is 13.0. The van der Waals surface area contributed by atoms with Gasteiger partial charge in [0.25, 0.3) is 0 Å². The lowest BCUT2D eigenvalue weighted by Gasteiger charge is -2.19. The van der Waals surface area contributed by atoms with Crippen molar-refractivity contribution in [2.45, 2.75) is 39.2 Å². The first-order valence-corrected chi connectivity index (χ1v) is 8.54. The molecule has 0 radical (unpaired) electrons. The minimum Gasteiger partial charge on any atom is -0.482 e. The van der Waals surface area contributed by atoms with Crippen molar-refractivity contribution in [3.63, 3.8) is 0 Å². The van der Waals surface area contributed by atoms with Crippen molar-refractivity contribution in [2.75, 3.05) is 19.0 Å². The van der Waals surface area contributed by atoms with E-state index >= 15 is 0 Å². The van der Waals surface area contributed by atoms with Gasteiger partial charge in [0.05, 0.1) is 7.11 Å². The molecule has 0 bridgehead atoms. The molecule has 2 aromatic rings. The number of nitrogens with zero attached hydrogens (tertiary/aromatic N) is 2. The van der Waals surface area contributed by atoms with Crippen LogP contribution in [-0.2, 0) is 28.9 Å². The molecule has 0 aliphatic heterocycles. The zero-order valence-corrected chi connectivity index (χ0v) is 14.7. The van der Waals surface area contributed by atoms with Crippen molar-refractivity contribution in [2.24, 2.45) is 0 Å². The van der Waals surface area contributed by atoms with Crippen LogP contribution in [0.4, 0.5) is 5.82 Å². The maximum atomic E-state index is 11.2. The lowest BCUT2D eigenvalue weighted by Crippen LogP contribution is -2.14. The topological polar surface area (TPSA) is 73.3 Å². The van der Waals surface area contributed by atoms with Crippen molar-refractivity contribution in [1.82, 2.24) is 9.97 Å². The van der Waals surface area contributed by atoms with E-state index in [2.05, 4.69) is 20.0 Å². The molecular weight excluding hydrogens is 318 g/mol. The molecular formula is C19H23N3O3. The summed E-state index contributed by atoms with van der Waals surface area (Å²) < 4.78 is 10.0. The van der Waals surface area contributed by atoms with Gasteiger partial charge in [0.1, 0.15) is 17.4 Å². The fourth-order valence-electron chi connectivity index (χ4n) is 3.00. The standard InChI is InChI=1S/C19H23N3O3/c1-13-21-17-9-4-3-8-16(17)19(22-13)20-11-14-6-5-7-15(10-14)25-12-18(23)24-2/h5-7,10H,3-4,8-9,11-12H2,1-2H3,(H,20,21,22). The molecule has 1 N–H and O–H groups in total. The first-order chi connectivity index (χ1) is 12.2. The van der Waals surface area contributed by atoms with Crippen LogP contribution in [-0.4, -0.2) is 29.7 Å². The predicted octanol–water partition coefficient (Wildman–Crippen LogP) is 2.83. The van der Waals surface area contributed by atoms with E-state index in [1.807, 2.05) is 31.2 Å². The second-order valence-electron chi connectivity index (χ2n) is 6.12. The van der Waals surface area contributed by atoms with Crippen LogP contribution in [0.15, 0.2) is 24.3 Å². The quantitative estimate of drug-likeness (QED) is 0.815. The molecule has 132 valence electrons. The molecule has 0 fully saturated rings. The lowest BCUT2D eigenvalue weighted by molar-refractivity contribution is -0.142. The molecule has 1 heterocycles. The van der Waals surface area contributed by atoms with Gasteiger partial charge in [-0.05, 0) is 50.3 Å². The average molecular weight is 341 g/mol. The Bertz CT molecular complexity index is 762. The number of aryl methyl sites for hydroxylation is 2. The van der Waals surface area contributed by atoms with E-state index in [1.54, 1.807) is 0 Å². The van der Waals surface area contributed by atoms with Crippen LogP contribution in [0.1, 0.15) is 35.5 Å². The number of anilines is 1. The van der Waals surface area contributed by atoms with Crippen LogP contribution in [0.25, 0.3) is 0 Å². The number of nitrogens with one attached hydrogen (secondary N) is 1. The van der Waals surface area contributed by atoms with Crippen LogP contribution >= 0.6 is 0 Å². The second kappa shape index (κ2) is 7.96. The molecule has 0 saturated carbocycles. The number of hydrogen-bond acceptors (Lipinski definition) is 6. The predicted molar refractivity (Wildman–Crippen MR) is 94.7 cm³/mol. The number of rotatable bonds is 6. The van der Waals surface area contributed by atoms with E-state index in [-0.39, 0.29) is 6.61 Å². The third kappa shape index (κ3) is 4.47. The molecule has 6 nitrogen and oxygen atoms in total. The number of benzene rings is 1. The maximum absolute atomic E-state index is 11.2. The van der Waals surface area contributed by atoms with Crippen molar-refractivity contribution in [3.8, 4) is 5.75 Å². The molecule has 6 heteroatoms. The van der Waals surface area contributed by atoms with E-state index in [1.165, 1.54) is 31.2 Å². The summed E-state index contributed by atoms with van der Waals surface area (Å²) >= 11 is 0. The van der Waals surface area contributed by atoms with E-state index in [0.717, 1.165) is 30.0 Å². The molecule has 1 aliphatic rings. The Morgan fingerprint density at radius 3 is 2.92 bits per heavy atom. The molecule has 25 heavy (non-hydrogen) atoms. The summed E-state index contributed by atoms with van der Waals surface area (Å²) in [5.41, 5.74) is 3.48. The highest BCUT2D eigenvalue weighted by Crippen LogP contribution is 2.26. The van der Waals surface area contributed by atoms with Crippen molar-refractivity contribution in [1.29, 1.82) is 0 Å². The SMILES string of the molecule is COC(=O)COc1cccc(CNc2nc(C)nc3c2CCCC3)c1. The van der Waals surface area contributed by atoms with Gasteiger partial charge in [-0.15, -0.1) is 0 Å². The molecule has 0 atom stereocenters. The first kappa shape index (κ1) is 17.2. The summed E-state index contributed by atoms with van der Waals surface area (Å²) in [7, 11) is 1.34. The zero-order chi connectivity index (χ0) is 17.6. The van der Waals surface area contributed by atoms with Gasteiger partial charge < -0.3 is 14.8 Å². The molecule has 0 saturated heterocycles. The number of aromatic nitrogens is 2. The summed E-state index contributed by atoms with van der Waals surface area (Å²) in [4.78, 5) is 20.3. The van der Waals surface area contributed by atoms with E-state index in [0.29, 0.717) is 12.3 Å². The number of fused-ring (bicyclic) bond motifs is 1. The monoisotopic (exact) mass is 341 g/mol. The zero-order valence-electron chi connectivity index (χ0n) is 14.7. The highest BCUT2D eigenvalue weighted by molar-refractivity contribution is 5.70. The van der Waals surface area contributed by atoms with Crippen molar-refractivity contribution in [3.05, 3.63) is 46.9 Å². The van der Waals surface area contributed by atoms with E-state index in [4.69, 9.17) is 4.74 Å². The van der Waals surface area contributed by atoms with Gasteiger partial charge in [0.2, 0.25) is 0 Å². The van der Waals surface area contributed by atoms with Crippen LogP contribution in [0, 0.1) is 6.92 Å². The van der Waals surface area contributed by atoms with Crippen molar-refractivity contribution < 1.29 is 14.3 Å². The van der Waals surface area contributed by atoms with Gasteiger partial charge >= 0.3 is 5.97 Å². The van der Waals surface area contributed by atoms with Crippen LogP contribution in [0.3, 0.4) is 0 Å². The Hall–Kier alpha value is -2.63. The Morgan fingerprint density at radius 2 is 2.08 bits per heavy atom. The Kier molecular flexibility index (Phi) is 5.48. The Balaban J connectivity index is 1.68. The lowest BCUT2D eigenvalue weighted by atomic mass is 9.96. The summed E-state index contributed by atoms with van der Waals surface area (Å²) in [6.07, 6.45) is 4.44. The van der Waals surface area contributed by atoms with E-state index in [9.17, 15) is 4.79 Å². The number of hydrogen-bond donors (Lipinski definition) is 1. The van der Waals surface area contributed by atoms with Crippen LogP contribution < -0.4 is 10.1 Å². The third-order valence-corrected chi connectivity index (χ3v) is 4.24. The number of esters is 1. The average Bonchev–Trinajstić information content (AvgIpc) is 2.64. The molecule has 1 aromatic carbocycles. The third-order valence-electron chi connectivity index (χ3n) is 4.24. The summed E-state index contributed by atoms with van der Waals surface area (Å²) in [5.74, 6) is 1.98. The maximum Gasteiger partial charge on any atom is 0.343 e. The minimum atomic E-state index is -0.397. The van der Waals surface area contributed by atoms with Gasteiger partial charge in [-0.3, -0.25) is 0 Å². The first-order valence-electron chi connectivity index (χ1n) is 8.54. The highest BCUT2D eigenvalue weighted by Gasteiger charge is 2.16. The van der Waals surface area contributed by atoms with Crippen LogP contribution in [0.5, 0.6) is 5.75 Å². The Morgan fingerprint density at radius 1 is 1.24 bits per heavy atom. The Labute approximate surface area is 147 Å². The van der Waals surface area contributed by atoms with Gasteiger partial charge in [-0.25, -0.2) is 14.8 Å². The fraction of sp³-hybridized carbons (Fsp3) is 0.421. The molecule has 3 rings (SSSR count). The minimum absolute atomic E-state index is 0.0913. The number of ether oxygens (including phenoxy) is 2. The van der Waals surface area contributed by atoms with Gasteiger partial charge in [-0.2, -0.15) is 0 Å². The smallest absolute Gasteiger partial charge is 0.343 e. The van der Waals surface area contributed by atoms with Crippen LogP contribution in [0.2, 0.25) is 0 Å². The largest absolute Gasteiger partial charge is 0.482 e. The van der Waals surface area contributed by atoms with Gasteiger partial charge in [-0.1, -0.05) is 12.1 Å². The second-order valence-corrected chi connectivity index (χ2v) is 6.12. The molecule has 1 aromatic heterocycles. The highest BCUT2D eigenvalue weighted by atomic mass is 16.6. The van der Waals surface area contributed by atoms with Gasteiger partial charge in [0, 0.05) is 17.8 Å². The number of methoxy groups -OCH3 is 1. The molecule has 1 aliphatic carbocycles. The molecule has 0 amide bonds. The van der Waals surface area contributed by atoms with Gasteiger partial charge in [0.15, 0.2) is 6.61 Å². The number of carbonyl (C=O) groups excluding carboxylic acids is 1. The summed E-state index contributed by atoms with van der Waals surface area (Å²) in [5, 5.41) is 3.43. The number of carbonyl (C=O) groups is 1. The molecule has 0 unspecified atom stereocenters. The summed E-state index contributed by atoms with van der Waals surface area (Å²) in [6, 6.07) is 7.66.